The molecule has 2 atom stereocenters. The molecule has 2 nitrogen and oxygen atoms in total. The average molecular weight is 319 g/mol. The number of aliphatic hydroxyl groups is 1. The zero-order valence-corrected chi connectivity index (χ0v) is 14.3. The van der Waals surface area contributed by atoms with E-state index >= 15 is 0 Å². The Kier molecular flexibility index (Phi) is 5.35. The van der Waals surface area contributed by atoms with Crippen molar-refractivity contribution in [2.24, 2.45) is 0 Å². The summed E-state index contributed by atoms with van der Waals surface area (Å²) in [6, 6.07) is 18.5. The summed E-state index contributed by atoms with van der Waals surface area (Å²) in [6.07, 6.45) is 3.87. The second-order valence-electron chi connectivity index (χ2n) is 6.71. The van der Waals surface area contributed by atoms with Gasteiger partial charge in [-0.3, -0.25) is 0 Å². The van der Waals surface area contributed by atoms with Gasteiger partial charge in [0.2, 0.25) is 0 Å². The fraction of sp³-hybridized carbons (Fsp3) is 0.364. The Labute approximate surface area is 144 Å². The number of hydrogen-bond acceptors (Lipinski definition) is 2. The molecule has 2 aromatic rings. The molecule has 1 aliphatic rings. The summed E-state index contributed by atoms with van der Waals surface area (Å²) in [4.78, 5) is 0. The molecule has 2 aromatic carbocycles. The van der Waals surface area contributed by atoms with Crippen LogP contribution in [0, 0.1) is 18.8 Å². The maximum absolute atomic E-state index is 11.1. The highest BCUT2D eigenvalue weighted by Crippen LogP contribution is 2.28. The van der Waals surface area contributed by atoms with E-state index in [9.17, 15) is 5.11 Å². The minimum Gasteiger partial charge on any atom is -0.376 e. The van der Waals surface area contributed by atoms with Crippen LogP contribution in [0.2, 0.25) is 0 Å². The van der Waals surface area contributed by atoms with Crippen molar-refractivity contribution >= 4 is 0 Å². The summed E-state index contributed by atoms with van der Waals surface area (Å²) in [7, 11) is 0. The molecule has 1 aliphatic carbocycles. The van der Waals surface area contributed by atoms with Crippen LogP contribution in [0.4, 0.5) is 0 Å². The molecule has 124 valence electrons. The maximum atomic E-state index is 11.1. The first-order valence-corrected chi connectivity index (χ1v) is 8.75. The van der Waals surface area contributed by atoms with Crippen molar-refractivity contribution in [1.82, 2.24) is 5.32 Å². The number of rotatable bonds is 3. The fourth-order valence-corrected chi connectivity index (χ4v) is 3.32. The molecule has 0 spiro atoms. The molecule has 0 bridgehead atoms. The third-order valence-electron chi connectivity index (χ3n) is 4.71. The van der Waals surface area contributed by atoms with Crippen LogP contribution in [-0.2, 0) is 6.54 Å². The lowest BCUT2D eigenvalue weighted by Gasteiger charge is -2.36. The Balaban J connectivity index is 1.73. The van der Waals surface area contributed by atoms with Gasteiger partial charge in [0, 0.05) is 18.2 Å². The molecule has 2 heteroatoms. The largest absolute Gasteiger partial charge is 0.376 e. The summed E-state index contributed by atoms with van der Waals surface area (Å²) < 4.78 is 0. The van der Waals surface area contributed by atoms with Gasteiger partial charge in [-0.05, 0) is 49.4 Å². The van der Waals surface area contributed by atoms with Crippen molar-refractivity contribution in [2.45, 2.75) is 50.8 Å². The fourth-order valence-electron chi connectivity index (χ4n) is 3.32. The van der Waals surface area contributed by atoms with Crippen LogP contribution in [0.25, 0.3) is 0 Å². The molecule has 0 saturated heterocycles. The van der Waals surface area contributed by atoms with Crippen LogP contribution in [-0.4, -0.2) is 16.7 Å². The molecule has 0 aliphatic heterocycles. The van der Waals surface area contributed by atoms with Crippen molar-refractivity contribution in [3.63, 3.8) is 0 Å². The molecular formula is C22H25NO. The number of nitrogens with one attached hydrogen (secondary N) is 1. The van der Waals surface area contributed by atoms with E-state index < -0.39 is 5.60 Å². The molecule has 1 saturated carbocycles. The van der Waals surface area contributed by atoms with Crippen LogP contribution in [0.3, 0.4) is 0 Å². The summed E-state index contributed by atoms with van der Waals surface area (Å²) in [6.45, 7) is 2.82. The van der Waals surface area contributed by atoms with Crippen molar-refractivity contribution in [1.29, 1.82) is 0 Å². The highest BCUT2D eigenvalue weighted by molar-refractivity contribution is 5.39. The smallest absolute Gasteiger partial charge is 0.141 e. The van der Waals surface area contributed by atoms with Crippen molar-refractivity contribution < 1.29 is 5.11 Å². The van der Waals surface area contributed by atoms with Gasteiger partial charge >= 0.3 is 0 Å². The zero-order chi connectivity index (χ0) is 16.8. The van der Waals surface area contributed by atoms with Gasteiger partial charge in [-0.2, -0.15) is 0 Å². The first-order valence-electron chi connectivity index (χ1n) is 8.75. The third kappa shape index (κ3) is 4.26. The van der Waals surface area contributed by atoms with Gasteiger partial charge in [-0.1, -0.05) is 60.7 Å². The van der Waals surface area contributed by atoms with E-state index in [1.54, 1.807) is 0 Å². The lowest BCUT2D eigenvalue weighted by molar-refractivity contribution is 0.0254. The predicted molar refractivity (Wildman–Crippen MR) is 98.5 cm³/mol. The standard InChI is InChI=1S/C22H25NO/c1-18-8-7-11-19(16-18)13-15-22(24)14-6-5-12-21(22)23-17-20-9-3-2-4-10-20/h2-4,7-11,16,21,23-24H,5-6,12,14,17H2,1H3/t21-,22+/m0/s1. The van der Waals surface area contributed by atoms with Gasteiger partial charge in [-0.25, -0.2) is 0 Å². The molecule has 0 amide bonds. The van der Waals surface area contributed by atoms with E-state index in [0.29, 0.717) is 0 Å². The Bertz CT molecular complexity index is 728. The Morgan fingerprint density at radius 1 is 1.12 bits per heavy atom. The van der Waals surface area contributed by atoms with Gasteiger partial charge < -0.3 is 10.4 Å². The monoisotopic (exact) mass is 319 g/mol. The summed E-state index contributed by atoms with van der Waals surface area (Å²) >= 11 is 0. The van der Waals surface area contributed by atoms with Gasteiger partial charge in [0.25, 0.3) is 0 Å². The Morgan fingerprint density at radius 3 is 2.75 bits per heavy atom. The van der Waals surface area contributed by atoms with E-state index in [-0.39, 0.29) is 6.04 Å². The topological polar surface area (TPSA) is 32.3 Å². The third-order valence-corrected chi connectivity index (χ3v) is 4.71. The molecule has 2 N–H and O–H groups in total. The molecule has 24 heavy (non-hydrogen) atoms. The highest BCUT2D eigenvalue weighted by atomic mass is 16.3. The maximum Gasteiger partial charge on any atom is 0.141 e. The highest BCUT2D eigenvalue weighted by Gasteiger charge is 2.37. The zero-order valence-electron chi connectivity index (χ0n) is 14.3. The van der Waals surface area contributed by atoms with E-state index in [0.717, 1.165) is 37.8 Å². The van der Waals surface area contributed by atoms with Gasteiger partial charge in [0.1, 0.15) is 5.60 Å². The molecule has 3 rings (SSSR count). The quantitative estimate of drug-likeness (QED) is 0.843. The van der Waals surface area contributed by atoms with Crippen LogP contribution < -0.4 is 5.32 Å². The SMILES string of the molecule is Cc1cccc(C#C[C@]2(O)CCCC[C@@H]2NCc2ccccc2)c1. The predicted octanol–water partition coefficient (Wildman–Crippen LogP) is 3.81. The lowest BCUT2D eigenvalue weighted by atomic mass is 9.80. The molecule has 0 radical (unpaired) electrons. The Hall–Kier alpha value is -2.08. The summed E-state index contributed by atoms with van der Waals surface area (Å²) in [5.74, 6) is 6.35. The van der Waals surface area contributed by atoms with E-state index in [1.807, 2.05) is 30.3 Å². The normalized spacial score (nSPS) is 23.3. The number of aryl methyl sites for hydroxylation is 1. The van der Waals surface area contributed by atoms with E-state index in [1.165, 1.54) is 11.1 Å². The van der Waals surface area contributed by atoms with Crippen molar-refractivity contribution in [2.75, 3.05) is 0 Å². The minimum atomic E-state index is -0.948. The first kappa shape index (κ1) is 16.8. The molecular weight excluding hydrogens is 294 g/mol. The van der Waals surface area contributed by atoms with Crippen LogP contribution >= 0.6 is 0 Å². The second kappa shape index (κ2) is 7.66. The summed E-state index contributed by atoms with van der Waals surface area (Å²) in [5.41, 5.74) is 2.45. The second-order valence-corrected chi connectivity index (χ2v) is 6.71. The number of hydrogen-bond donors (Lipinski definition) is 2. The summed E-state index contributed by atoms with van der Waals surface area (Å²) in [5, 5.41) is 14.6. The molecule has 0 aromatic heterocycles. The van der Waals surface area contributed by atoms with Crippen molar-refractivity contribution in [3.05, 3.63) is 71.3 Å². The van der Waals surface area contributed by atoms with Crippen LogP contribution in [0.15, 0.2) is 54.6 Å². The van der Waals surface area contributed by atoms with Crippen molar-refractivity contribution in [3.8, 4) is 11.8 Å². The van der Waals surface area contributed by atoms with E-state index in [4.69, 9.17) is 0 Å². The first-order chi connectivity index (χ1) is 11.7. The molecule has 1 fully saturated rings. The van der Waals surface area contributed by atoms with Gasteiger partial charge in [-0.15, -0.1) is 0 Å². The van der Waals surface area contributed by atoms with Crippen LogP contribution in [0.5, 0.6) is 0 Å². The van der Waals surface area contributed by atoms with Crippen LogP contribution in [0.1, 0.15) is 42.4 Å². The van der Waals surface area contributed by atoms with Gasteiger partial charge in [0.05, 0.1) is 0 Å². The number of benzene rings is 2. The lowest BCUT2D eigenvalue weighted by Crippen LogP contribution is -2.51. The van der Waals surface area contributed by atoms with Gasteiger partial charge in [0.15, 0.2) is 0 Å². The Morgan fingerprint density at radius 2 is 1.96 bits per heavy atom. The minimum absolute atomic E-state index is 0.0174. The molecule has 0 heterocycles. The molecule has 0 unspecified atom stereocenters. The van der Waals surface area contributed by atoms with E-state index in [2.05, 4.69) is 48.3 Å². The average Bonchev–Trinajstić information content (AvgIpc) is 2.60.